The van der Waals surface area contributed by atoms with Gasteiger partial charge in [0.05, 0.1) is 0 Å². The minimum Gasteiger partial charge on any atom is -0.127 e. The number of hydrogen-bond donors (Lipinski definition) is 0. The molecule has 64 valence electrons. The van der Waals surface area contributed by atoms with Crippen LogP contribution in [0.1, 0.15) is 33.1 Å². The lowest BCUT2D eigenvalue weighted by Gasteiger charge is -2.29. The first-order valence-electron chi connectivity index (χ1n) is 4.28. The van der Waals surface area contributed by atoms with Gasteiger partial charge in [-0.05, 0) is 25.2 Å². The van der Waals surface area contributed by atoms with Gasteiger partial charge in [0.1, 0.15) is 0 Å². The second kappa shape index (κ2) is 3.55. The molecule has 0 aromatic rings. The minimum absolute atomic E-state index is 0.401. The van der Waals surface area contributed by atoms with E-state index in [2.05, 4.69) is 38.4 Å². The maximum absolute atomic E-state index is 2.93. The SMILES string of the molecule is CC(C)C1=CCC(P)(P)CC1. The molecule has 2 unspecified atom stereocenters. The molecule has 0 saturated heterocycles. The van der Waals surface area contributed by atoms with Crippen molar-refractivity contribution in [2.24, 2.45) is 5.92 Å². The number of allylic oxidation sites excluding steroid dienone is 2. The summed E-state index contributed by atoms with van der Waals surface area (Å²) in [6.45, 7) is 4.56. The fraction of sp³-hybridized carbons (Fsp3) is 0.778. The van der Waals surface area contributed by atoms with Gasteiger partial charge in [-0.25, -0.2) is 0 Å². The molecule has 2 atom stereocenters. The first kappa shape index (κ1) is 9.69. The van der Waals surface area contributed by atoms with E-state index in [1.165, 1.54) is 19.3 Å². The second-order valence-electron chi connectivity index (χ2n) is 3.87. The maximum atomic E-state index is 2.93. The van der Waals surface area contributed by atoms with Crippen molar-refractivity contribution in [1.82, 2.24) is 0 Å². The topological polar surface area (TPSA) is 0 Å². The van der Waals surface area contributed by atoms with E-state index in [1.54, 1.807) is 5.57 Å². The monoisotopic (exact) mass is 188 g/mol. The van der Waals surface area contributed by atoms with Gasteiger partial charge < -0.3 is 0 Å². The van der Waals surface area contributed by atoms with Gasteiger partial charge in [0, 0.05) is 4.90 Å². The lowest BCUT2D eigenvalue weighted by Crippen LogP contribution is -2.15. The summed E-state index contributed by atoms with van der Waals surface area (Å²) >= 11 is 0. The van der Waals surface area contributed by atoms with Crippen molar-refractivity contribution in [3.63, 3.8) is 0 Å². The average molecular weight is 188 g/mol. The lowest BCUT2D eigenvalue weighted by atomic mass is 9.91. The highest BCUT2D eigenvalue weighted by atomic mass is 31.1. The van der Waals surface area contributed by atoms with Crippen molar-refractivity contribution in [1.29, 1.82) is 0 Å². The normalized spacial score (nSPS) is 23.5. The van der Waals surface area contributed by atoms with Crippen molar-refractivity contribution < 1.29 is 0 Å². The van der Waals surface area contributed by atoms with Crippen molar-refractivity contribution in [3.05, 3.63) is 11.6 Å². The Morgan fingerprint density at radius 1 is 1.45 bits per heavy atom. The molecule has 0 radical (unpaired) electrons. The Balaban J connectivity index is 2.58. The molecule has 0 N–H and O–H groups in total. The van der Waals surface area contributed by atoms with Crippen LogP contribution in [0.25, 0.3) is 0 Å². The van der Waals surface area contributed by atoms with Crippen LogP contribution < -0.4 is 0 Å². The van der Waals surface area contributed by atoms with E-state index in [4.69, 9.17) is 0 Å². The zero-order chi connectivity index (χ0) is 8.48. The Morgan fingerprint density at radius 2 is 2.09 bits per heavy atom. The molecule has 0 aromatic carbocycles. The average Bonchev–Trinajstić information content (AvgIpc) is 1.86. The number of hydrogen-bond acceptors (Lipinski definition) is 0. The summed E-state index contributed by atoms with van der Waals surface area (Å²) in [5.41, 5.74) is 1.64. The summed E-state index contributed by atoms with van der Waals surface area (Å²) in [6, 6.07) is 0. The lowest BCUT2D eigenvalue weighted by molar-refractivity contribution is 0.607. The van der Waals surface area contributed by atoms with Crippen LogP contribution in [-0.4, -0.2) is 4.90 Å². The minimum atomic E-state index is 0.401. The highest BCUT2D eigenvalue weighted by molar-refractivity contribution is 7.39. The maximum Gasteiger partial charge on any atom is 0.00302 e. The third-order valence-electron chi connectivity index (χ3n) is 2.36. The zero-order valence-corrected chi connectivity index (χ0v) is 9.74. The van der Waals surface area contributed by atoms with Gasteiger partial charge in [-0.2, -0.15) is 0 Å². The Bertz CT molecular complexity index is 168. The van der Waals surface area contributed by atoms with Crippen LogP contribution in [0.4, 0.5) is 0 Å². The van der Waals surface area contributed by atoms with Crippen LogP contribution in [0.2, 0.25) is 0 Å². The van der Waals surface area contributed by atoms with E-state index in [0.29, 0.717) is 4.90 Å². The van der Waals surface area contributed by atoms with E-state index in [1.807, 2.05) is 0 Å². The molecule has 0 aromatic heterocycles. The van der Waals surface area contributed by atoms with E-state index in [0.717, 1.165) is 5.92 Å². The molecule has 0 bridgehead atoms. The van der Waals surface area contributed by atoms with E-state index >= 15 is 0 Å². The Labute approximate surface area is 74.6 Å². The van der Waals surface area contributed by atoms with Gasteiger partial charge in [-0.15, -0.1) is 18.5 Å². The van der Waals surface area contributed by atoms with Crippen molar-refractivity contribution >= 4 is 18.5 Å². The first-order chi connectivity index (χ1) is 5.01. The second-order valence-corrected chi connectivity index (χ2v) is 6.84. The molecule has 0 fully saturated rings. The molecular formula is C9H18P2. The first-order valence-corrected chi connectivity index (χ1v) is 5.43. The van der Waals surface area contributed by atoms with Crippen LogP contribution in [0.15, 0.2) is 11.6 Å². The van der Waals surface area contributed by atoms with Gasteiger partial charge in [-0.3, -0.25) is 0 Å². The fourth-order valence-corrected chi connectivity index (χ4v) is 1.95. The summed E-state index contributed by atoms with van der Waals surface area (Å²) in [4.78, 5) is 0.401. The molecule has 0 heterocycles. The molecule has 0 spiro atoms. The summed E-state index contributed by atoms with van der Waals surface area (Å²) in [5.74, 6) is 0.751. The van der Waals surface area contributed by atoms with Gasteiger partial charge in [0.25, 0.3) is 0 Å². The predicted molar refractivity (Wildman–Crippen MR) is 58.9 cm³/mol. The summed E-state index contributed by atoms with van der Waals surface area (Å²) < 4.78 is 0. The molecule has 11 heavy (non-hydrogen) atoms. The highest BCUT2D eigenvalue weighted by Crippen LogP contribution is 2.41. The van der Waals surface area contributed by atoms with Gasteiger partial charge in [0.2, 0.25) is 0 Å². The Hall–Kier alpha value is 0.600. The van der Waals surface area contributed by atoms with Crippen molar-refractivity contribution in [3.8, 4) is 0 Å². The molecule has 0 aliphatic heterocycles. The molecular weight excluding hydrogens is 170 g/mol. The molecule has 2 heteroatoms. The van der Waals surface area contributed by atoms with Gasteiger partial charge >= 0.3 is 0 Å². The Kier molecular flexibility index (Phi) is 3.12. The quantitative estimate of drug-likeness (QED) is 0.438. The van der Waals surface area contributed by atoms with Crippen LogP contribution in [-0.2, 0) is 0 Å². The molecule has 0 amide bonds. The fourth-order valence-electron chi connectivity index (χ4n) is 1.43. The number of rotatable bonds is 1. The largest absolute Gasteiger partial charge is 0.127 e. The van der Waals surface area contributed by atoms with Crippen LogP contribution >= 0.6 is 18.5 Å². The van der Waals surface area contributed by atoms with Crippen molar-refractivity contribution in [2.75, 3.05) is 0 Å². The molecule has 1 aliphatic carbocycles. The highest BCUT2D eigenvalue weighted by Gasteiger charge is 2.22. The van der Waals surface area contributed by atoms with E-state index in [-0.39, 0.29) is 0 Å². The van der Waals surface area contributed by atoms with Gasteiger partial charge in [0.15, 0.2) is 0 Å². The molecule has 0 saturated carbocycles. The van der Waals surface area contributed by atoms with E-state index < -0.39 is 0 Å². The summed E-state index contributed by atoms with van der Waals surface area (Å²) in [5, 5.41) is 0. The standard InChI is InChI=1S/C9H18P2/c1-7(2)8-3-5-9(10,11)6-4-8/h3,7H,4-6,10-11H2,1-2H3. The zero-order valence-electron chi connectivity index (χ0n) is 7.43. The smallest absolute Gasteiger partial charge is 0.00302 e. The molecule has 1 rings (SSSR count). The van der Waals surface area contributed by atoms with Crippen molar-refractivity contribution in [2.45, 2.75) is 38.0 Å². The van der Waals surface area contributed by atoms with Crippen LogP contribution in [0, 0.1) is 5.92 Å². The summed E-state index contributed by atoms with van der Waals surface area (Å²) in [6.07, 6.45) is 6.20. The van der Waals surface area contributed by atoms with Crippen LogP contribution in [0.5, 0.6) is 0 Å². The third kappa shape index (κ3) is 2.85. The van der Waals surface area contributed by atoms with Gasteiger partial charge in [-0.1, -0.05) is 25.5 Å². The molecule has 0 nitrogen and oxygen atoms in total. The van der Waals surface area contributed by atoms with E-state index in [9.17, 15) is 0 Å². The Morgan fingerprint density at radius 3 is 2.45 bits per heavy atom. The van der Waals surface area contributed by atoms with Crippen LogP contribution in [0.3, 0.4) is 0 Å². The summed E-state index contributed by atoms with van der Waals surface area (Å²) in [7, 11) is 5.86. The molecule has 1 aliphatic rings. The third-order valence-corrected chi connectivity index (χ3v) is 3.41. The predicted octanol–water partition coefficient (Wildman–Crippen LogP) is 3.20.